The van der Waals surface area contributed by atoms with Gasteiger partial charge in [0.15, 0.2) is 0 Å². The highest BCUT2D eigenvalue weighted by atomic mass is 16.5. The zero-order valence-electron chi connectivity index (χ0n) is 17.9. The summed E-state index contributed by atoms with van der Waals surface area (Å²) in [6, 6.07) is 7.31. The van der Waals surface area contributed by atoms with Gasteiger partial charge in [0.25, 0.3) is 5.91 Å². The van der Waals surface area contributed by atoms with Gasteiger partial charge in [0.05, 0.1) is 17.4 Å². The monoisotopic (exact) mass is 413 g/mol. The molecule has 3 heterocycles. The Bertz CT molecular complexity index is 835. The second-order valence-corrected chi connectivity index (χ2v) is 8.59. The molecule has 3 aliphatic rings. The van der Waals surface area contributed by atoms with Crippen molar-refractivity contribution in [2.45, 2.75) is 64.1 Å². The number of ether oxygens (including phenoxy) is 1. The lowest BCUT2D eigenvalue weighted by Crippen LogP contribution is -2.62. The van der Waals surface area contributed by atoms with E-state index in [0.717, 1.165) is 19.4 Å². The van der Waals surface area contributed by atoms with Crippen molar-refractivity contribution in [2.24, 2.45) is 0 Å². The van der Waals surface area contributed by atoms with Crippen LogP contribution in [0.4, 0.5) is 5.69 Å². The molecule has 7 nitrogen and oxygen atoms in total. The molecule has 0 radical (unpaired) electrons. The number of rotatable bonds is 7. The third-order valence-electron chi connectivity index (χ3n) is 6.70. The number of nitrogens with zero attached hydrogens (tertiary/aromatic N) is 3. The predicted molar refractivity (Wildman–Crippen MR) is 113 cm³/mol. The molecule has 162 valence electrons. The Morgan fingerprint density at radius 3 is 2.83 bits per heavy atom. The summed E-state index contributed by atoms with van der Waals surface area (Å²) in [5, 5.41) is 0. The highest BCUT2D eigenvalue weighted by Crippen LogP contribution is 2.44. The maximum atomic E-state index is 13.2. The Morgan fingerprint density at radius 1 is 1.30 bits per heavy atom. The number of para-hydroxylation sites is 1. The lowest BCUT2D eigenvalue weighted by atomic mass is 9.98. The predicted octanol–water partition coefficient (Wildman–Crippen LogP) is 2.79. The summed E-state index contributed by atoms with van der Waals surface area (Å²) in [7, 11) is 0. The molecule has 0 N–H and O–H groups in total. The van der Waals surface area contributed by atoms with Gasteiger partial charge in [0.2, 0.25) is 11.8 Å². The number of hydrogen-bond acceptors (Lipinski definition) is 4. The summed E-state index contributed by atoms with van der Waals surface area (Å²) in [4.78, 5) is 44.0. The largest absolute Gasteiger partial charge is 0.376 e. The van der Waals surface area contributed by atoms with Gasteiger partial charge in [-0.25, -0.2) is 0 Å². The van der Waals surface area contributed by atoms with Gasteiger partial charge in [-0.05, 0) is 51.7 Å². The van der Waals surface area contributed by atoms with Crippen molar-refractivity contribution < 1.29 is 19.1 Å². The molecule has 0 spiro atoms. The van der Waals surface area contributed by atoms with Gasteiger partial charge in [0, 0.05) is 39.1 Å². The van der Waals surface area contributed by atoms with Gasteiger partial charge in [0.1, 0.15) is 5.66 Å². The molecule has 0 aromatic heterocycles. The van der Waals surface area contributed by atoms with Crippen LogP contribution in [0.3, 0.4) is 0 Å². The minimum atomic E-state index is -0.659. The second kappa shape index (κ2) is 8.38. The molecular formula is C23H31N3O4. The SMILES string of the molecule is CCN(CC1CCCO1)C(=O)CCCN1C(=O)c2ccccc2N2C(=O)CCC12C. The summed E-state index contributed by atoms with van der Waals surface area (Å²) < 4.78 is 5.67. The van der Waals surface area contributed by atoms with Crippen LogP contribution in [0.25, 0.3) is 0 Å². The Balaban J connectivity index is 1.43. The zero-order valence-corrected chi connectivity index (χ0v) is 17.9. The average molecular weight is 414 g/mol. The highest BCUT2D eigenvalue weighted by Gasteiger charge is 2.52. The summed E-state index contributed by atoms with van der Waals surface area (Å²) in [6.07, 6.45) is 4.21. The van der Waals surface area contributed by atoms with E-state index < -0.39 is 5.66 Å². The number of hydrogen-bond donors (Lipinski definition) is 0. The molecule has 1 aromatic carbocycles. The van der Waals surface area contributed by atoms with E-state index >= 15 is 0 Å². The maximum absolute atomic E-state index is 13.2. The molecule has 2 fully saturated rings. The number of fused-ring (bicyclic) bond motifs is 3. The molecule has 4 rings (SSSR count). The molecule has 2 saturated heterocycles. The van der Waals surface area contributed by atoms with Crippen molar-refractivity contribution >= 4 is 23.4 Å². The normalized spacial score (nSPS) is 25.5. The number of carbonyl (C=O) groups excluding carboxylic acids is 3. The second-order valence-electron chi connectivity index (χ2n) is 8.59. The summed E-state index contributed by atoms with van der Waals surface area (Å²) in [5.74, 6) is 0.0906. The van der Waals surface area contributed by atoms with Crippen LogP contribution in [0, 0.1) is 0 Å². The van der Waals surface area contributed by atoms with E-state index in [2.05, 4.69) is 0 Å². The standard InChI is InChI=1S/C23H31N3O4/c1-3-24(16-17-8-7-15-30-17)20(27)11-6-14-25-22(29)18-9-4-5-10-19(18)26-21(28)12-13-23(25,26)2/h4-5,9-10,17H,3,6-8,11-16H2,1-2H3. The number of anilines is 1. The first-order chi connectivity index (χ1) is 14.5. The lowest BCUT2D eigenvalue weighted by Gasteiger charge is -2.48. The third-order valence-corrected chi connectivity index (χ3v) is 6.70. The first-order valence-electron chi connectivity index (χ1n) is 11.1. The minimum absolute atomic E-state index is 0.0484. The fourth-order valence-electron chi connectivity index (χ4n) is 5.03. The first-order valence-corrected chi connectivity index (χ1v) is 11.1. The lowest BCUT2D eigenvalue weighted by molar-refractivity contribution is -0.132. The fourth-order valence-corrected chi connectivity index (χ4v) is 5.03. The smallest absolute Gasteiger partial charge is 0.257 e. The molecule has 30 heavy (non-hydrogen) atoms. The molecule has 2 unspecified atom stereocenters. The molecule has 3 amide bonds. The van der Waals surface area contributed by atoms with Crippen molar-refractivity contribution in [2.75, 3.05) is 31.1 Å². The molecule has 1 aromatic rings. The van der Waals surface area contributed by atoms with Crippen LogP contribution < -0.4 is 4.90 Å². The van der Waals surface area contributed by atoms with Crippen LogP contribution in [-0.2, 0) is 14.3 Å². The van der Waals surface area contributed by atoms with Gasteiger partial charge in [-0.3, -0.25) is 19.3 Å². The Labute approximate surface area is 177 Å². The van der Waals surface area contributed by atoms with E-state index in [0.29, 0.717) is 56.6 Å². The molecule has 3 aliphatic heterocycles. The highest BCUT2D eigenvalue weighted by molar-refractivity contribution is 6.10. The van der Waals surface area contributed by atoms with Crippen molar-refractivity contribution in [3.63, 3.8) is 0 Å². The number of carbonyl (C=O) groups is 3. The topological polar surface area (TPSA) is 70.2 Å². The van der Waals surface area contributed by atoms with Crippen LogP contribution in [-0.4, -0.2) is 65.5 Å². The average Bonchev–Trinajstić information content (AvgIpc) is 3.36. The Hall–Kier alpha value is -2.41. The van der Waals surface area contributed by atoms with Gasteiger partial charge in [-0.15, -0.1) is 0 Å². The van der Waals surface area contributed by atoms with E-state index in [9.17, 15) is 14.4 Å². The van der Waals surface area contributed by atoms with Crippen molar-refractivity contribution in [3.8, 4) is 0 Å². The van der Waals surface area contributed by atoms with Crippen molar-refractivity contribution in [1.82, 2.24) is 9.80 Å². The van der Waals surface area contributed by atoms with Gasteiger partial charge in [-0.1, -0.05) is 12.1 Å². The molecule has 7 heteroatoms. The third kappa shape index (κ3) is 3.60. The Kier molecular flexibility index (Phi) is 5.82. The molecule has 0 saturated carbocycles. The van der Waals surface area contributed by atoms with Gasteiger partial charge < -0.3 is 14.5 Å². The van der Waals surface area contributed by atoms with E-state index in [-0.39, 0.29) is 23.8 Å². The van der Waals surface area contributed by atoms with Gasteiger partial charge >= 0.3 is 0 Å². The summed E-state index contributed by atoms with van der Waals surface area (Å²) >= 11 is 0. The molecule has 0 bridgehead atoms. The van der Waals surface area contributed by atoms with Crippen LogP contribution in [0.2, 0.25) is 0 Å². The van der Waals surface area contributed by atoms with Crippen LogP contribution >= 0.6 is 0 Å². The number of likely N-dealkylation sites (N-methyl/N-ethyl adjacent to an activating group) is 1. The van der Waals surface area contributed by atoms with E-state index in [1.165, 1.54) is 0 Å². The van der Waals surface area contributed by atoms with Crippen LogP contribution in [0.15, 0.2) is 24.3 Å². The molecular weight excluding hydrogens is 382 g/mol. The van der Waals surface area contributed by atoms with Gasteiger partial charge in [-0.2, -0.15) is 0 Å². The molecule has 0 aliphatic carbocycles. The number of benzene rings is 1. The molecule has 2 atom stereocenters. The van der Waals surface area contributed by atoms with Crippen LogP contribution in [0.5, 0.6) is 0 Å². The van der Waals surface area contributed by atoms with E-state index in [1.54, 1.807) is 15.9 Å². The summed E-state index contributed by atoms with van der Waals surface area (Å²) in [6.45, 7) is 6.49. The van der Waals surface area contributed by atoms with Crippen molar-refractivity contribution in [1.29, 1.82) is 0 Å². The number of amides is 3. The quantitative estimate of drug-likeness (QED) is 0.689. The summed E-state index contributed by atoms with van der Waals surface area (Å²) in [5.41, 5.74) is 0.604. The van der Waals surface area contributed by atoms with Crippen molar-refractivity contribution in [3.05, 3.63) is 29.8 Å². The van der Waals surface area contributed by atoms with E-state index in [1.807, 2.05) is 36.9 Å². The fraction of sp³-hybridized carbons (Fsp3) is 0.609. The van der Waals surface area contributed by atoms with E-state index in [4.69, 9.17) is 4.74 Å². The first kappa shape index (κ1) is 20.8. The minimum Gasteiger partial charge on any atom is -0.376 e. The zero-order chi connectivity index (χ0) is 21.3. The van der Waals surface area contributed by atoms with Crippen LogP contribution in [0.1, 0.15) is 62.7 Å². The maximum Gasteiger partial charge on any atom is 0.257 e. The Morgan fingerprint density at radius 2 is 2.10 bits per heavy atom.